The van der Waals surface area contributed by atoms with Gasteiger partial charge in [0, 0.05) is 25.7 Å². The number of rotatable bonds is 78. The van der Waals surface area contributed by atoms with E-state index >= 15 is 0 Å². The third-order valence-corrected chi connectivity index (χ3v) is 20.4. The Bertz CT molecular complexity index is 1890. The van der Waals surface area contributed by atoms with Gasteiger partial charge in [-0.15, -0.1) is 0 Å². The summed E-state index contributed by atoms with van der Waals surface area (Å²) in [6.07, 6.45) is 59.7. The van der Waals surface area contributed by atoms with E-state index < -0.39 is 97.5 Å². The number of aliphatic hydroxyl groups is 1. The van der Waals surface area contributed by atoms with E-state index in [0.29, 0.717) is 31.6 Å². The lowest BCUT2D eigenvalue weighted by molar-refractivity contribution is -0.161. The predicted octanol–water partition coefficient (Wildman–Crippen LogP) is 23.5. The molecule has 0 saturated heterocycles. The first-order valence-electron chi connectivity index (χ1n) is 41.0. The minimum Gasteiger partial charge on any atom is -0.462 e. The fourth-order valence-corrected chi connectivity index (χ4v) is 13.8. The molecule has 0 heterocycles. The van der Waals surface area contributed by atoms with E-state index in [1.54, 1.807) is 0 Å². The molecule has 0 bridgehead atoms. The number of unbranched alkanes of at least 4 members (excludes halogenated alkanes) is 48. The minimum absolute atomic E-state index is 0.107. The Kier molecular flexibility index (Phi) is 69.3. The van der Waals surface area contributed by atoms with E-state index in [4.69, 9.17) is 37.0 Å². The fraction of sp³-hybridized carbons (Fsp3) is 0.949. The molecule has 0 aromatic carbocycles. The molecule has 0 spiro atoms. The smallest absolute Gasteiger partial charge is 0.462 e. The summed E-state index contributed by atoms with van der Waals surface area (Å²) in [7, 11) is -9.92. The summed E-state index contributed by atoms with van der Waals surface area (Å²) in [6, 6.07) is 0. The molecule has 0 amide bonds. The van der Waals surface area contributed by atoms with E-state index in [1.807, 2.05) is 0 Å². The van der Waals surface area contributed by atoms with Crippen LogP contribution in [0.25, 0.3) is 0 Å². The highest BCUT2D eigenvalue weighted by Gasteiger charge is 2.30. The largest absolute Gasteiger partial charge is 0.472 e. The summed E-state index contributed by atoms with van der Waals surface area (Å²) in [5.41, 5.74) is 0. The highest BCUT2D eigenvalue weighted by atomic mass is 31.2. The zero-order valence-corrected chi connectivity index (χ0v) is 65.9. The average Bonchev–Trinajstić information content (AvgIpc) is 0.940. The van der Waals surface area contributed by atoms with Crippen LogP contribution in [0.2, 0.25) is 0 Å². The molecule has 0 saturated carbocycles. The highest BCUT2D eigenvalue weighted by molar-refractivity contribution is 7.47. The molecule has 0 aromatic rings. The van der Waals surface area contributed by atoms with Gasteiger partial charge >= 0.3 is 39.5 Å². The number of hydrogen-bond acceptors (Lipinski definition) is 15. The van der Waals surface area contributed by atoms with Gasteiger partial charge in [0.1, 0.15) is 19.3 Å². The second-order valence-electron chi connectivity index (χ2n) is 29.4. The fourth-order valence-electron chi connectivity index (χ4n) is 12.2. The van der Waals surface area contributed by atoms with Crippen molar-refractivity contribution in [3.05, 3.63) is 0 Å². The van der Waals surface area contributed by atoms with Gasteiger partial charge in [0.05, 0.1) is 26.4 Å². The van der Waals surface area contributed by atoms with E-state index in [2.05, 4.69) is 41.5 Å². The summed E-state index contributed by atoms with van der Waals surface area (Å²) in [4.78, 5) is 72.9. The van der Waals surface area contributed by atoms with E-state index in [1.165, 1.54) is 225 Å². The van der Waals surface area contributed by atoms with Crippen molar-refractivity contribution in [1.82, 2.24) is 0 Å². The topological polar surface area (TPSA) is 237 Å². The van der Waals surface area contributed by atoms with Gasteiger partial charge in [-0.25, -0.2) is 9.13 Å². The molecule has 0 aliphatic rings. The molecule has 0 rings (SSSR count). The molecule has 17 nitrogen and oxygen atoms in total. The molecule has 3 N–H and O–H groups in total. The Labute approximate surface area is 600 Å². The number of phosphoric ester groups is 2. The molecule has 0 aliphatic carbocycles. The second kappa shape index (κ2) is 70.7. The zero-order valence-electron chi connectivity index (χ0n) is 64.1. The third-order valence-electron chi connectivity index (χ3n) is 18.5. The Balaban J connectivity index is 5.22. The average molecular weight is 1440 g/mol. The molecule has 0 radical (unpaired) electrons. The first-order chi connectivity index (χ1) is 47.4. The van der Waals surface area contributed by atoms with Gasteiger partial charge < -0.3 is 33.8 Å². The van der Waals surface area contributed by atoms with Gasteiger partial charge in [0.15, 0.2) is 12.2 Å². The molecule has 582 valence electrons. The number of ether oxygens (including phenoxy) is 4. The van der Waals surface area contributed by atoms with Crippen molar-refractivity contribution in [3.63, 3.8) is 0 Å². The molecule has 5 atom stereocenters. The molecule has 0 aliphatic heterocycles. The molecule has 98 heavy (non-hydrogen) atoms. The molecule has 0 aromatic heterocycles. The van der Waals surface area contributed by atoms with Crippen molar-refractivity contribution < 1.29 is 80.2 Å². The Morgan fingerprint density at radius 3 is 0.694 bits per heavy atom. The summed E-state index contributed by atoms with van der Waals surface area (Å²) < 4.78 is 68.6. The number of carbonyl (C=O) groups excluding carboxylic acids is 4. The van der Waals surface area contributed by atoms with Crippen LogP contribution in [0.1, 0.15) is 414 Å². The van der Waals surface area contributed by atoms with Crippen molar-refractivity contribution >= 4 is 39.5 Å². The number of hydrogen-bond donors (Lipinski definition) is 3. The molecular formula is C79H154O17P2. The maximum atomic E-state index is 13.1. The van der Waals surface area contributed by atoms with Gasteiger partial charge in [-0.1, -0.05) is 363 Å². The van der Waals surface area contributed by atoms with Crippen molar-refractivity contribution in [1.29, 1.82) is 0 Å². The normalized spacial score (nSPS) is 13.9. The molecule has 0 fully saturated rings. The van der Waals surface area contributed by atoms with Gasteiger partial charge in [-0.2, -0.15) is 0 Å². The maximum absolute atomic E-state index is 13.1. The van der Waals surface area contributed by atoms with Crippen LogP contribution in [-0.4, -0.2) is 96.7 Å². The quantitative estimate of drug-likeness (QED) is 0.0222. The van der Waals surface area contributed by atoms with Crippen LogP contribution in [0.4, 0.5) is 0 Å². The highest BCUT2D eigenvalue weighted by Crippen LogP contribution is 2.45. The first-order valence-corrected chi connectivity index (χ1v) is 44.0. The lowest BCUT2D eigenvalue weighted by Gasteiger charge is -2.21. The van der Waals surface area contributed by atoms with E-state index in [0.717, 1.165) is 102 Å². The Morgan fingerprint density at radius 1 is 0.276 bits per heavy atom. The van der Waals surface area contributed by atoms with Gasteiger partial charge in [0.25, 0.3) is 0 Å². The van der Waals surface area contributed by atoms with Crippen LogP contribution in [-0.2, 0) is 65.4 Å². The lowest BCUT2D eigenvalue weighted by Crippen LogP contribution is -2.30. The number of aliphatic hydroxyl groups excluding tert-OH is 1. The number of phosphoric acid groups is 2. The van der Waals surface area contributed by atoms with E-state index in [9.17, 15) is 43.2 Å². The number of carbonyl (C=O) groups is 4. The van der Waals surface area contributed by atoms with Gasteiger partial charge in [-0.05, 0) is 37.5 Å². The predicted molar refractivity (Wildman–Crippen MR) is 400 cm³/mol. The van der Waals surface area contributed by atoms with Crippen LogP contribution in [0, 0.1) is 11.8 Å². The SMILES string of the molecule is CCCCCCCCCCCCCCCCCC(=O)OC[C@H](COP(=O)(O)OC[C@@H](O)COP(=O)(O)OC[C@@H](COC(=O)CCCCCCCCC(C)C)OC(=O)CCCCCCCCCCCCCCCCC)OC(=O)CCCCCCCCCCCCCCCCCCC(C)C. The summed E-state index contributed by atoms with van der Waals surface area (Å²) in [5, 5.41) is 10.6. The maximum Gasteiger partial charge on any atom is 0.472 e. The van der Waals surface area contributed by atoms with Gasteiger partial charge in [-0.3, -0.25) is 37.3 Å². The minimum atomic E-state index is -4.96. The van der Waals surface area contributed by atoms with Crippen LogP contribution in [0.3, 0.4) is 0 Å². The van der Waals surface area contributed by atoms with E-state index in [-0.39, 0.29) is 25.7 Å². The summed E-state index contributed by atoms with van der Waals surface area (Å²) in [6.45, 7) is 9.58. The van der Waals surface area contributed by atoms with Crippen molar-refractivity contribution in [3.8, 4) is 0 Å². The lowest BCUT2D eigenvalue weighted by atomic mass is 10.0. The Hall–Kier alpha value is -1.94. The monoisotopic (exact) mass is 1440 g/mol. The van der Waals surface area contributed by atoms with Crippen molar-refractivity contribution in [2.45, 2.75) is 432 Å². The van der Waals surface area contributed by atoms with Gasteiger partial charge in [0.2, 0.25) is 0 Å². The van der Waals surface area contributed by atoms with Crippen molar-refractivity contribution in [2.75, 3.05) is 39.6 Å². The van der Waals surface area contributed by atoms with Crippen LogP contribution in [0.15, 0.2) is 0 Å². The van der Waals surface area contributed by atoms with Crippen LogP contribution in [0.5, 0.6) is 0 Å². The third kappa shape index (κ3) is 72.4. The van der Waals surface area contributed by atoms with Crippen molar-refractivity contribution in [2.24, 2.45) is 11.8 Å². The van der Waals surface area contributed by atoms with Crippen LogP contribution < -0.4 is 0 Å². The number of esters is 4. The molecule has 19 heteroatoms. The molecule has 2 unspecified atom stereocenters. The summed E-state index contributed by atoms with van der Waals surface area (Å²) >= 11 is 0. The second-order valence-corrected chi connectivity index (χ2v) is 32.3. The molecular weight excluding hydrogens is 1280 g/mol. The standard InChI is InChI=1S/C79H154O17P2/c1-7-9-11-13-15-17-19-21-25-30-34-38-42-49-55-61-76(81)89-67-74(95-78(83)63-58-52-44-40-36-32-28-24-23-27-29-33-37-41-47-53-59-71(3)4)69-93-97(85,86)91-65-73(80)66-92-98(87,88)94-70-75(68-90-77(82)62-56-50-46-45-48-54-60-72(5)6)96-79(84)64-57-51-43-39-35-31-26-22-20-18-16-14-12-10-8-2/h71-75,80H,7-70H2,1-6H3,(H,85,86)(H,87,88)/t73-,74-,75-/m1/s1. The Morgan fingerprint density at radius 2 is 0.469 bits per heavy atom. The van der Waals surface area contributed by atoms with Crippen LogP contribution >= 0.6 is 15.6 Å². The zero-order chi connectivity index (χ0) is 72.1. The summed E-state index contributed by atoms with van der Waals surface area (Å²) in [5.74, 6) is -0.623. The first kappa shape index (κ1) is 96.1.